The molecule has 1 unspecified atom stereocenters. The van der Waals surface area contributed by atoms with Gasteiger partial charge >= 0.3 is 0 Å². The second-order valence-electron chi connectivity index (χ2n) is 3.82. The van der Waals surface area contributed by atoms with E-state index in [1.165, 1.54) is 11.1 Å². The van der Waals surface area contributed by atoms with Crippen LogP contribution in [0.3, 0.4) is 0 Å². The van der Waals surface area contributed by atoms with E-state index in [1.54, 1.807) is 7.11 Å². The lowest BCUT2D eigenvalue weighted by Crippen LogP contribution is -2.24. The van der Waals surface area contributed by atoms with Gasteiger partial charge in [-0.2, -0.15) is 0 Å². The molecule has 0 aliphatic carbocycles. The van der Waals surface area contributed by atoms with Gasteiger partial charge < -0.3 is 10.1 Å². The molecular formula is C13H21NO. The third-order valence-corrected chi connectivity index (χ3v) is 2.64. The highest BCUT2D eigenvalue weighted by atomic mass is 16.5. The Kier molecular flexibility index (Phi) is 5.37. The SMILES string of the molecule is CCNCC(COC)c1ccccc1C. The molecule has 1 N–H and O–H groups in total. The molecule has 0 fully saturated rings. The molecule has 0 aliphatic rings. The predicted octanol–water partition coefficient (Wildman–Crippen LogP) is 2.33. The van der Waals surface area contributed by atoms with Crippen molar-refractivity contribution in [3.05, 3.63) is 35.4 Å². The number of methoxy groups -OCH3 is 1. The summed E-state index contributed by atoms with van der Waals surface area (Å²) in [6, 6.07) is 8.52. The van der Waals surface area contributed by atoms with Gasteiger partial charge in [-0.05, 0) is 24.6 Å². The molecule has 15 heavy (non-hydrogen) atoms. The number of likely N-dealkylation sites (N-methyl/N-ethyl adjacent to an activating group) is 1. The lowest BCUT2D eigenvalue weighted by molar-refractivity contribution is 0.178. The van der Waals surface area contributed by atoms with Gasteiger partial charge in [0.25, 0.3) is 0 Å². The van der Waals surface area contributed by atoms with Gasteiger partial charge in [-0.15, -0.1) is 0 Å². The van der Waals surface area contributed by atoms with Crippen molar-refractivity contribution in [1.82, 2.24) is 5.32 Å². The Morgan fingerprint density at radius 3 is 2.67 bits per heavy atom. The van der Waals surface area contributed by atoms with Gasteiger partial charge in [-0.25, -0.2) is 0 Å². The van der Waals surface area contributed by atoms with E-state index in [-0.39, 0.29) is 0 Å². The van der Waals surface area contributed by atoms with Crippen LogP contribution >= 0.6 is 0 Å². The first-order valence-corrected chi connectivity index (χ1v) is 5.54. The molecule has 0 saturated carbocycles. The molecule has 2 nitrogen and oxygen atoms in total. The summed E-state index contributed by atoms with van der Waals surface area (Å²) in [7, 11) is 1.76. The molecule has 0 radical (unpaired) electrons. The lowest BCUT2D eigenvalue weighted by Gasteiger charge is -2.18. The summed E-state index contributed by atoms with van der Waals surface area (Å²) in [6.45, 7) is 7.05. The van der Waals surface area contributed by atoms with Gasteiger partial charge in [0.2, 0.25) is 0 Å². The summed E-state index contributed by atoms with van der Waals surface area (Å²) in [5, 5.41) is 3.38. The standard InChI is InChI=1S/C13H21NO/c1-4-14-9-12(10-15-3)13-8-6-5-7-11(13)2/h5-8,12,14H,4,9-10H2,1-3H3. The quantitative estimate of drug-likeness (QED) is 0.773. The van der Waals surface area contributed by atoms with Crippen LogP contribution in [0.1, 0.15) is 24.0 Å². The normalized spacial score (nSPS) is 12.7. The van der Waals surface area contributed by atoms with Crippen molar-refractivity contribution in [3.63, 3.8) is 0 Å². The lowest BCUT2D eigenvalue weighted by atomic mass is 9.95. The third kappa shape index (κ3) is 3.65. The van der Waals surface area contributed by atoms with E-state index in [1.807, 2.05) is 0 Å². The van der Waals surface area contributed by atoms with Crippen molar-refractivity contribution in [2.45, 2.75) is 19.8 Å². The van der Waals surface area contributed by atoms with Crippen LogP contribution in [-0.4, -0.2) is 26.8 Å². The molecule has 1 aromatic carbocycles. The van der Waals surface area contributed by atoms with E-state index in [9.17, 15) is 0 Å². The fraction of sp³-hybridized carbons (Fsp3) is 0.538. The number of nitrogens with one attached hydrogen (secondary N) is 1. The minimum absolute atomic E-state index is 0.455. The summed E-state index contributed by atoms with van der Waals surface area (Å²) >= 11 is 0. The van der Waals surface area contributed by atoms with E-state index in [4.69, 9.17) is 4.74 Å². The van der Waals surface area contributed by atoms with Crippen molar-refractivity contribution < 1.29 is 4.74 Å². The molecular weight excluding hydrogens is 186 g/mol. The number of hydrogen-bond acceptors (Lipinski definition) is 2. The van der Waals surface area contributed by atoms with E-state index in [0.29, 0.717) is 5.92 Å². The second-order valence-corrected chi connectivity index (χ2v) is 3.82. The van der Waals surface area contributed by atoms with Crippen LogP contribution in [-0.2, 0) is 4.74 Å². The maximum atomic E-state index is 5.27. The summed E-state index contributed by atoms with van der Waals surface area (Å²) < 4.78 is 5.27. The summed E-state index contributed by atoms with van der Waals surface area (Å²) in [6.07, 6.45) is 0. The van der Waals surface area contributed by atoms with Crippen LogP contribution in [0.4, 0.5) is 0 Å². The largest absolute Gasteiger partial charge is 0.384 e. The Hall–Kier alpha value is -0.860. The van der Waals surface area contributed by atoms with Crippen molar-refractivity contribution >= 4 is 0 Å². The van der Waals surface area contributed by atoms with E-state index in [2.05, 4.69) is 43.4 Å². The van der Waals surface area contributed by atoms with Crippen LogP contribution in [0.2, 0.25) is 0 Å². The monoisotopic (exact) mass is 207 g/mol. The zero-order chi connectivity index (χ0) is 11.1. The Balaban J connectivity index is 2.74. The number of ether oxygens (including phenoxy) is 1. The average Bonchev–Trinajstić information content (AvgIpc) is 2.25. The highest BCUT2D eigenvalue weighted by Gasteiger charge is 2.12. The Bertz CT molecular complexity index is 286. The van der Waals surface area contributed by atoms with E-state index < -0.39 is 0 Å². The highest BCUT2D eigenvalue weighted by Crippen LogP contribution is 2.19. The predicted molar refractivity (Wildman–Crippen MR) is 64.3 cm³/mol. The fourth-order valence-electron chi connectivity index (χ4n) is 1.82. The third-order valence-electron chi connectivity index (χ3n) is 2.64. The highest BCUT2D eigenvalue weighted by molar-refractivity contribution is 5.29. The number of rotatable bonds is 6. The van der Waals surface area contributed by atoms with Gasteiger partial charge in [-0.3, -0.25) is 0 Å². The van der Waals surface area contributed by atoms with Crippen molar-refractivity contribution in [3.8, 4) is 0 Å². The molecule has 1 rings (SSSR count). The minimum Gasteiger partial charge on any atom is -0.384 e. The number of hydrogen-bond donors (Lipinski definition) is 1. The molecule has 0 amide bonds. The molecule has 84 valence electrons. The molecule has 0 aromatic heterocycles. The van der Waals surface area contributed by atoms with E-state index in [0.717, 1.165) is 19.7 Å². The second kappa shape index (κ2) is 6.59. The Morgan fingerprint density at radius 1 is 1.33 bits per heavy atom. The smallest absolute Gasteiger partial charge is 0.0543 e. The Morgan fingerprint density at radius 2 is 2.07 bits per heavy atom. The number of aryl methyl sites for hydroxylation is 1. The molecule has 1 aromatic rings. The maximum absolute atomic E-state index is 5.27. The molecule has 0 saturated heterocycles. The first kappa shape index (κ1) is 12.2. The van der Waals surface area contributed by atoms with E-state index >= 15 is 0 Å². The van der Waals surface area contributed by atoms with Gasteiger partial charge in [0, 0.05) is 19.6 Å². The Labute approximate surface area is 92.6 Å². The topological polar surface area (TPSA) is 21.3 Å². The maximum Gasteiger partial charge on any atom is 0.0543 e. The van der Waals surface area contributed by atoms with Gasteiger partial charge in [0.15, 0.2) is 0 Å². The molecule has 0 heterocycles. The molecule has 0 aliphatic heterocycles. The van der Waals surface area contributed by atoms with Crippen molar-refractivity contribution in [2.24, 2.45) is 0 Å². The average molecular weight is 207 g/mol. The van der Waals surface area contributed by atoms with Crippen molar-refractivity contribution in [2.75, 3.05) is 26.8 Å². The van der Waals surface area contributed by atoms with Crippen LogP contribution in [0.25, 0.3) is 0 Å². The first-order valence-electron chi connectivity index (χ1n) is 5.54. The minimum atomic E-state index is 0.455. The van der Waals surface area contributed by atoms with Crippen LogP contribution in [0, 0.1) is 6.92 Å². The van der Waals surface area contributed by atoms with Crippen LogP contribution in [0.15, 0.2) is 24.3 Å². The molecule has 2 heteroatoms. The van der Waals surface area contributed by atoms with Crippen molar-refractivity contribution in [1.29, 1.82) is 0 Å². The molecule has 0 bridgehead atoms. The first-order chi connectivity index (χ1) is 7.29. The number of benzene rings is 1. The zero-order valence-electron chi connectivity index (χ0n) is 9.92. The van der Waals surface area contributed by atoms with Gasteiger partial charge in [-0.1, -0.05) is 31.2 Å². The van der Waals surface area contributed by atoms with Gasteiger partial charge in [0.05, 0.1) is 6.61 Å². The fourth-order valence-corrected chi connectivity index (χ4v) is 1.82. The molecule has 1 atom stereocenters. The van der Waals surface area contributed by atoms with Crippen LogP contribution < -0.4 is 5.32 Å². The molecule has 0 spiro atoms. The summed E-state index contributed by atoms with van der Waals surface area (Å²) in [5.41, 5.74) is 2.73. The summed E-state index contributed by atoms with van der Waals surface area (Å²) in [5.74, 6) is 0.455. The van der Waals surface area contributed by atoms with Gasteiger partial charge in [0.1, 0.15) is 0 Å². The van der Waals surface area contributed by atoms with Crippen LogP contribution in [0.5, 0.6) is 0 Å². The summed E-state index contributed by atoms with van der Waals surface area (Å²) in [4.78, 5) is 0. The zero-order valence-corrected chi connectivity index (χ0v) is 9.92.